The van der Waals surface area contributed by atoms with Crippen molar-refractivity contribution in [1.82, 2.24) is 0 Å². The van der Waals surface area contributed by atoms with E-state index >= 15 is 0 Å². The Morgan fingerprint density at radius 3 is 2.00 bits per heavy atom. The van der Waals surface area contributed by atoms with E-state index in [-0.39, 0.29) is 56.4 Å². The number of hydrogen-bond acceptors (Lipinski definition) is 3. The van der Waals surface area contributed by atoms with Gasteiger partial charge in [-0.15, -0.1) is 0 Å². The van der Waals surface area contributed by atoms with Gasteiger partial charge in [-0.25, -0.2) is 4.79 Å². The van der Waals surface area contributed by atoms with Crippen molar-refractivity contribution in [2.75, 3.05) is 13.2 Å². The van der Waals surface area contributed by atoms with E-state index in [9.17, 15) is 4.79 Å². The molecule has 0 unspecified atom stereocenters. The Morgan fingerprint density at radius 2 is 1.73 bits per heavy atom. The largest absolute Gasteiger partial charge is 0.500 e. The van der Waals surface area contributed by atoms with Gasteiger partial charge < -0.3 is 14.9 Å². The minimum atomic E-state index is -1.08. The third-order valence-electron chi connectivity index (χ3n) is 0.451. The molecule has 74 valence electrons. The molecule has 0 aromatic rings. The molecule has 0 aliphatic rings. The van der Waals surface area contributed by atoms with Gasteiger partial charge in [0.25, 0.3) is 0 Å². The molecule has 0 aliphatic heterocycles. The predicted molar refractivity (Wildman–Crippen MR) is 33.7 cm³/mol. The number of aliphatic carboxylic acids is 1. The molecule has 0 amide bonds. The molecule has 0 fully saturated rings. The third-order valence-corrected chi connectivity index (χ3v) is 0.569. The molecule has 0 spiro atoms. The Kier molecular flexibility index (Phi) is 17.5. The van der Waals surface area contributed by atoms with Gasteiger partial charge in [-0.2, -0.15) is 0 Å². The van der Waals surface area contributed by atoms with Crippen molar-refractivity contribution in [2.45, 2.75) is 0 Å². The summed E-state index contributed by atoms with van der Waals surface area (Å²) < 4.78 is 4.37. The summed E-state index contributed by atoms with van der Waals surface area (Å²) in [6.45, 7) is -0.623. The van der Waals surface area contributed by atoms with Crippen LogP contribution >= 0.6 is 12.2 Å². The summed E-state index contributed by atoms with van der Waals surface area (Å²) in [6, 6.07) is 0. The molecule has 0 bridgehead atoms. The van der Waals surface area contributed by atoms with Gasteiger partial charge in [0.1, 0.15) is 13.2 Å². The van der Waals surface area contributed by atoms with Gasteiger partial charge in [0.05, 0.1) is 0 Å². The molecule has 0 aliphatic carbocycles. The molecule has 0 atom stereocenters. The summed E-state index contributed by atoms with van der Waals surface area (Å²) in [5, 5.41) is 15.9. The Hall–Kier alpha value is 0.801. The second-order valence-corrected chi connectivity index (χ2v) is 1.75. The van der Waals surface area contributed by atoms with Crippen LogP contribution in [-0.2, 0) is 54.3 Å². The first-order chi connectivity index (χ1) is 4.13. The molecule has 0 aromatic heterocycles. The first-order valence-corrected chi connectivity index (χ1v) is 2.55. The van der Waals surface area contributed by atoms with Gasteiger partial charge in [0.15, 0.2) is 5.05 Å². The van der Waals surface area contributed by atoms with Crippen LogP contribution in [0.5, 0.6) is 0 Å². The number of aliphatic hydroxyl groups is 1. The second kappa shape index (κ2) is 10.8. The zero-order valence-electron chi connectivity index (χ0n) is 5.14. The summed E-state index contributed by atoms with van der Waals surface area (Å²) in [5.41, 5.74) is 0. The standard InChI is InChI=1S/C4H6O4S.2Ag/c5-3(6)1-8-2-4(7)9;;/h1-2H2,(H,5,6)(H,7,9);;. The fourth-order valence-electron chi connectivity index (χ4n) is 0.226. The maximum atomic E-state index is 9.73. The number of carboxylic acid groups (broad SMARTS) is 1. The number of carbonyl (C=O) groups is 1. The van der Waals surface area contributed by atoms with E-state index in [4.69, 9.17) is 10.2 Å². The van der Waals surface area contributed by atoms with Crippen LogP contribution in [-0.4, -0.2) is 34.4 Å². The van der Waals surface area contributed by atoms with Crippen LogP contribution in [0, 0.1) is 0 Å². The van der Waals surface area contributed by atoms with E-state index in [2.05, 4.69) is 17.0 Å². The minimum Gasteiger partial charge on any atom is -0.500 e. The average molecular weight is 366 g/mol. The second-order valence-electron chi connectivity index (χ2n) is 1.28. The van der Waals surface area contributed by atoms with Gasteiger partial charge in [0.2, 0.25) is 0 Å². The summed E-state index contributed by atoms with van der Waals surface area (Å²) in [4.78, 5) is 9.73. The van der Waals surface area contributed by atoms with Gasteiger partial charge in [-0.05, 0) is 12.2 Å². The van der Waals surface area contributed by atoms with Crippen molar-refractivity contribution < 1.29 is 64.5 Å². The quantitative estimate of drug-likeness (QED) is 0.541. The topological polar surface area (TPSA) is 66.8 Å². The van der Waals surface area contributed by atoms with E-state index in [1.54, 1.807) is 0 Å². The number of ether oxygens (including phenoxy) is 1. The molecular weight excluding hydrogens is 360 g/mol. The van der Waals surface area contributed by atoms with Gasteiger partial charge in [-0.3, -0.25) is 0 Å². The number of aliphatic hydroxyl groups excluding tert-OH is 1. The van der Waals surface area contributed by atoms with Crippen molar-refractivity contribution >= 4 is 23.2 Å². The molecule has 11 heavy (non-hydrogen) atoms. The van der Waals surface area contributed by atoms with Gasteiger partial charge in [-0.1, -0.05) is 0 Å². The normalized spacial score (nSPS) is 7.27. The van der Waals surface area contributed by atoms with Crippen LogP contribution in [0.3, 0.4) is 0 Å². The smallest absolute Gasteiger partial charge is 0.329 e. The minimum absolute atomic E-state index is 0. The summed E-state index contributed by atoms with van der Waals surface area (Å²) in [6.07, 6.45) is 0. The van der Waals surface area contributed by atoms with Crippen LogP contribution in [0.15, 0.2) is 0 Å². The molecule has 0 saturated carbocycles. The zero-order valence-corrected chi connectivity index (χ0v) is 8.92. The zero-order chi connectivity index (χ0) is 7.28. The predicted octanol–water partition coefficient (Wildman–Crippen LogP) is -0.0320. The Bertz CT molecular complexity index is 115. The first kappa shape index (κ1) is 17.8. The molecule has 2 radical (unpaired) electrons. The Morgan fingerprint density at radius 1 is 1.27 bits per heavy atom. The number of hydrogen-bond donors (Lipinski definition) is 2. The number of carboxylic acids is 1. The third kappa shape index (κ3) is 18.1. The fourth-order valence-corrected chi connectivity index (χ4v) is 0.309. The van der Waals surface area contributed by atoms with Crippen molar-refractivity contribution in [2.24, 2.45) is 0 Å². The fraction of sp³-hybridized carbons (Fsp3) is 0.500. The summed E-state index contributed by atoms with van der Waals surface area (Å²) >= 11 is 4.19. The maximum Gasteiger partial charge on any atom is 0.329 e. The van der Waals surface area contributed by atoms with E-state index < -0.39 is 12.6 Å². The van der Waals surface area contributed by atoms with E-state index in [1.807, 2.05) is 0 Å². The van der Waals surface area contributed by atoms with Crippen LogP contribution < -0.4 is 0 Å². The molecule has 2 N–H and O–H groups in total. The van der Waals surface area contributed by atoms with Crippen LogP contribution in [0.25, 0.3) is 0 Å². The molecule has 4 nitrogen and oxygen atoms in total. The van der Waals surface area contributed by atoms with Gasteiger partial charge in [0, 0.05) is 44.8 Å². The van der Waals surface area contributed by atoms with Crippen molar-refractivity contribution in [3.8, 4) is 0 Å². The van der Waals surface area contributed by atoms with Crippen molar-refractivity contribution in [3.63, 3.8) is 0 Å². The summed E-state index contributed by atoms with van der Waals surface area (Å²) in [7, 11) is 0. The van der Waals surface area contributed by atoms with Crippen molar-refractivity contribution in [3.05, 3.63) is 0 Å². The van der Waals surface area contributed by atoms with Crippen LogP contribution in [0.2, 0.25) is 0 Å². The van der Waals surface area contributed by atoms with Crippen molar-refractivity contribution in [1.29, 1.82) is 0 Å². The van der Waals surface area contributed by atoms with E-state index in [0.717, 1.165) is 0 Å². The SMILES string of the molecule is O=C(O)COCC(O)=S.[Ag].[Ag]. The van der Waals surface area contributed by atoms with E-state index in [0.29, 0.717) is 0 Å². The average Bonchev–Trinajstić information content (AvgIpc) is 1.63. The molecule has 0 heterocycles. The maximum absolute atomic E-state index is 9.73. The Labute approximate surface area is 100 Å². The first-order valence-electron chi connectivity index (χ1n) is 2.14. The number of rotatable bonds is 4. The molecule has 0 aromatic carbocycles. The Balaban J connectivity index is -0.000000320. The molecule has 7 heteroatoms. The van der Waals surface area contributed by atoms with Gasteiger partial charge >= 0.3 is 5.97 Å². The van der Waals surface area contributed by atoms with Crippen LogP contribution in [0.4, 0.5) is 0 Å². The monoisotopic (exact) mass is 364 g/mol. The molecule has 0 saturated heterocycles. The molecular formula is C4H6Ag2O4S. The molecule has 0 rings (SSSR count). The van der Waals surface area contributed by atoms with E-state index in [1.165, 1.54) is 0 Å². The van der Waals surface area contributed by atoms with Crippen LogP contribution in [0.1, 0.15) is 0 Å². The summed E-state index contributed by atoms with van der Waals surface area (Å²) in [5.74, 6) is -1.08. The number of thiocarbonyl (C=S) groups is 1.